The Balaban J connectivity index is 1.95. The second kappa shape index (κ2) is 9.98. The van der Waals surface area contributed by atoms with Gasteiger partial charge in [0.15, 0.2) is 11.9 Å². The maximum absolute atomic E-state index is 13.2. The lowest BCUT2D eigenvalue weighted by Gasteiger charge is -2.42. The molecule has 170 valence electrons. The lowest BCUT2D eigenvalue weighted by Crippen LogP contribution is -2.63. The van der Waals surface area contributed by atoms with Gasteiger partial charge in [0.25, 0.3) is 17.7 Å². The average Bonchev–Trinajstić information content (AvgIpc) is 3.28. The van der Waals surface area contributed by atoms with Gasteiger partial charge in [0, 0.05) is 31.7 Å². The summed E-state index contributed by atoms with van der Waals surface area (Å²) in [6.07, 6.45) is -0.962. The zero-order valence-corrected chi connectivity index (χ0v) is 18.1. The molecule has 3 N–H and O–H groups in total. The van der Waals surface area contributed by atoms with Crippen LogP contribution in [0.25, 0.3) is 0 Å². The number of rotatable bonds is 6. The van der Waals surface area contributed by atoms with Gasteiger partial charge in [-0.15, -0.1) is 0 Å². The first-order valence-electron chi connectivity index (χ1n) is 9.53. The predicted octanol–water partition coefficient (Wildman–Crippen LogP) is 1.88. The number of nitro groups is 1. The van der Waals surface area contributed by atoms with Crippen molar-refractivity contribution < 1.29 is 23.7 Å². The van der Waals surface area contributed by atoms with Gasteiger partial charge in [-0.2, -0.15) is 0 Å². The number of halogens is 2. The number of amides is 3. The third kappa shape index (κ3) is 4.85. The second-order valence-electron chi connectivity index (χ2n) is 6.83. The van der Waals surface area contributed by atoms with E-state index in [1.165, 1.54) is 23.1 Å². The van der Waals surface area contributed by atoms with E-state index < -0.39 is 34.7 Å². The molecule has 1 aliphatic heterocycles. The predicted molar refractivity (Wildman–Crippen MR) is 114 cm³/mol. The summed E-state index contributed by atoms with van der Waals surface area (Å²) in [5.41, 5.74) is 5.64. The van der Waals surface area contributed by atoms with E-state index in [9.17, 15) is 24.5 Å². The van der Waals surface area contributed by atoms with Crippen molar-refractivity contribution in [2.24, 2.45) is 5.73 Å². The van der Waals surface area contributed by atoms with Crippen molar-refractivity contribution in [3.8, 4) is 0 Å². The molecular formula is C19H19Cl2N5O6. The van der Waals surface area contributed by atoms with Crippen molar-refractivity contribution in [3.63, 3.8) is 0 Å². The molecule has 1 aromatic carbocycles. The molecule has 0 spiro atoms. The molecule has 1 aromatic heterocycles. The smallest absolute Gasteiger partial charge is 0.395 e. The number of nitrogens with two attached hydrogens (primary N) is 1. The minimum atomic E-state index is -1.33. The molecule has 0 saturated carbocycles. The summed E-state index contributed by atoms with van der Waals surface area (Å²) in [5.74, 6) is -2.87. The Morgan fingerprint density at radius 3 is 2.41 bits per heavy atom. The highest BCUT2D eigenvalue weighted by molar-refractivity contribution is 6.42. The van der Waals surface area contributed by atoms with Crippen LogP contribution in [0.15, 0.2) is 34.7 Å². The third-order valence-corrected chi connectivity index (χ3v) is 5.48. The van der Waals surface area contributed by atoms with E-state index in [4.69, 9.17) is 33.4 Å². The molecule has 2 aromatic rings. The van der Waals surface area contributed by atoms with Gasteiger partial charge < -0.3 is 25.3 Å². The Labute approximate surface area is 192 Å². The van der Waals surface area contributed by atoms with E-state index in [2.05, 4.69) is 5.32 Å². The first-order chi connectivity index (χ1) is 15.2. The Morgan fingerprint density at radius 2 is 1.81 bits per heavy atom. The van der Waals surface area contributed by atoms with Crippen LogP contribution in [0.5, 0.6) is 0 Å². The first-order valence-corrected chi connectivity index (χ1v) is 10.3. The molecule has 1 saturated heterocycles. The minimum absolute atomic E-state index is 0.123. The fraction of sp³-hybridized carbons (Fsp3) is 0.316. The van der Waals surface area contributed by atoms with E-state index >= 15 is 0 Å². The van der Waals surface area contributed by atoms with Crippen molar-refractivity contribution >= 4 is 46.8 Å². The van der Waals surface area contributed by atoms with Gasteiger partial charge in [0.1, 0.15) is 4.92 Å². The maximum Gasteiger partial charge on any atom is 0.433 e. The molecule has 2 heterocycles. The van der Waals surface area contributed by atoms with Gasteiger partial charge in [0.05, 0.1) is 16.1 Å². The van der Waals surface area contributed by atoms with Crippen LogP contribution in [-0.2, 0) is 4.79 Å². The van der Waals surface area contributed by atoms with Gasteiger partial charge >= 0.3 is 5.88 Å². The molecule has 1 fully saturated rings. The lowest BCUT2D eigenvalue weighted by molar-refractivity contribution is -0.402. The van der Waals surface area contributed by atoms with Crippen LogP contribution in [0.3, 0.4) is 0 Å². The number of furan rings is 1. The highest BCUT2D eigenvalue weighted by atomic mass is 35.5. The Morgan fingerprint density at radius 1 is 1.12 bits per heavy atom. The van der Waals surface area contributed by atoms with Gasteiger partial charge in [-0.25, -0.2) is 0 Å². The minimum Gasteiger partial charge on any atom is -0.395 e. The number of hydrogen-bond acceptors (Lipinski definition) is 7. The summed E-state index contributed by atoms with van der Waals surface area (Å²) in [5, 5.41) is 13.9. The summed E-state index contributed by atoms with van der Waals surface area (Å²) in [7, 11) is 0. The second-order valence-corrected chi connectivity index (χ2v) is 7.64. The van der Waals surface area contributed by atoms with Crippen LogP contribution >= 0.6 is 23.2 Å². The molecule has 11 nitrogen and oxygen atoms in total. The van der Waals surface area contributed by atoms with Crippen LogP contribution in [0, 0.1) is 10.1 Å². The molecular weight excluding hydrogens is 465 g/mol. The SMILES string of the molecule is NCCNC(=O)C1N(C(=O)c2ccc(Cl)c(Cl)c2)CCCN1C(=O)c1ccc([N+](=O)[O-])o1. The molecule has 1 unspecified atom stereocenters. The van der Waals surface area contributed by atoms with Gasteiger partial charge in [-0.05, 0) is 30.7 Å². The zero-order chi connectivity index (χ0) is 23.4. The van der Waals surface area contributed by atoms with E-state index in [-0.39, 0.29) is 47.5 Å². The fourth-order valence-corrected chi connectivity index (χ4v) is 3.59. The molecule has 13 heteroatoms. The number of nitrogens with zero attached hydrogens (tertiary/aromatic N) is 3. The lowest BCUT2D eigenvalue weighted by atomic mass is 10.1. The summed E-state index contributed by atoms with van der Waals surface area (Å²) in [4.78, 5) is 51.7. The molecule has 32 heavy (non-hydrogen) atoms. The Bertz CT molecular complexity index is 1060. The highest BCUT2D eigenvalue weighted by Gasteiger charge is 2.41. The van der Waals surface area contributed by atoms with Gasteiger partial charge in [0.2, 0.25) is 0 Å². The molecule has 1 aliphatic rings. The summed E-state index contributed by atoms with van der Waals surface area (Å²) in [6.45, 7) is 0.580. The topological polar surface area (TPSA) is 152 Å². The average molecular weight is 484 g/mol. The van der Waals surface area contributed by atoms with E-state index in [1.54, 1.807) is 0 Å². The number of carbonyl (C=O) groups is 3. The van der Waals surface area contributed by atoms with E-state index in [0.717, 1.165) is 17.0 Å². The van der Waals surface area contributed by atoms with Crippen molar-refractivity contribution in [3.05, 3.63) is 61.8 Å². The third-order valence-electron chi connectivity index (χ3n) is 4.74. The van der Waals surface area contributed by atoms with Crippen LogP contribution in [0.2, 0.25) is 10.0 Å². The quantitative estimate of drug-likeness (QED) is 0.469. The monoisotopic (exact) mass is 483 g/mol. The maximum atomic E-state index is 13.2. The zero-order valence-electron chi connectivity index (χ0n) is 16.6. The largest absolute Gasteiger partial charge is 0.433 e. The fourth-order valence-electron chi connectivity index (χ4n) is 3.30. The first kappa shape index (κ1) is 23.5. The molecule has 0 radical (unpaired) electrons. The van der Waals surface area contributed by atoms with Crippen LogP contribution < -0.4 is 11.1 Å². The van der Waals surface area contributed by atoms with Crippen molar-refractivity contribution in [1.82, 2.24) is 15.1 Å². The normalized spacial score (nSPS) is 16.0. The van der Waals surface area contributed by atoms with Crippen LogP contribution in [-0.4, -0.2) is 64.8 Å². The molecule has 0 aliphatic carbocycles. The van der Waals surface area contributed by atoms with Gasteiger partial charge in [-0.1, -0.05) is 23.2 Å². The number of nitrogens with one attached hydrogen (secondary N) is 1. The van der Waals surface area contributed by atoms with Gasteiger partial charge in [-0.3, -0.25) is 24.5 Å². The number of carbonyl (C=O) groups excluding carboxylic acids is 3. The molecule has 3 rings (SSSR count). The van der Waals surface area contributed by atoms with Crippen molar-refractivity contribution in [2.45, 2.75) is 12.6 Å². The Hall–Kier alpha value is -3.15. The summed E-state index contributed by atoms with van der Waals surface area (Å²) < 4.78 is 5.00. The summed E-state index contributed by atoms with van der Waals surface area (Å²) in [6, 6.07) is 6.48. The van der Waals surface area contributed by atoms with Crippen LogP contribution in [0.4, 0.5) is 5.88 Å². The van der Waals surface area contributed by atoms with E-state index in [1.807, 2.05) is 0 Å². The number of benzene rings is 1. The van der Waals surface area contributed by atoms with Crippen molar-refractivity contribution in [1.29, 1.82) is 0 Å². The molecule has 1 atom stereocenters. The molecule has 0 bridgehead atoms. The van der Waals surface area contributed by atoms with Crippen molar-refractivity contribution in [2.75, 3.05) is 26.2 Å². The highest BCUT2D eigenvalue weighted by Crippen LogP contribution is 2.26. The number of hydrogen-bond donors (Lipinski definition) is 2. The van der Waals surface area contributed by atoms with Crippen LogP contribution in [0.1, 0.15) is 27.3 Å². The summed E-state index contributed by atoms with van der Waals surface area (Å²) >= 11 is 11.9. The Kier molecular flexibility index (Phi) is 7.33. The molecule has 3 amide bonds. The van der Waals surface area contributed by atoms with E-state index in [0.29, 0.717) is 6.42 Å². The standard InChI is InChI=1S/C19H19Cl2N5O6/c20-12-3-2-11(10-13(12)21)18(28)24-8-1-9-25(17(24)16(27)23-7-6-22)19(29)14-4-5-15(32-14)26(30)31/h2-5,10,17H,1,6-9,22H2,(H,23,27).